The first-order valence-corrected chi connectivity index (χ1v) is 7.43. The zero-order valence-electron chi connectivity index (χ0n) is 9.62. The van der Waals surface area contributed by atoms with Gasteiger partial charge in [0.25, 0.3) is 0 Å². The molecule has 3 nitrogen and oxygen atoms in total. The molecule has 5 heteroatoms. The van der Waals surface area contributed by atoms with Crippen molar-refractivity contribution in [1.29, 1.82) is 0 Å². The van der Waals surface area contributed by atoms with Crippen molar-refractivity contribution in [2.75, 3.05) is 0 Å². The Hall–Kier alpha value is -0.390. The highest BCUT2D eigenvalue weighted by Crippen LogP contribution is 2.20. The van der Waals surface area contributed by atoms with Crippen molar-refractivity contribution in [2.45, 2.75) is 38.1 Å². The Kier molecular flexibility index (Phi) is 4.52. The molecule has 0 radical (unpaired) electrons. The van der Waals surface area contributed by atoms with Gasteiger partial charge in [-0.25, -0.2) is 13.1 Å². The third-order valence-electron chi connectivity index (χ3n) is 2.40. The zero-order valence-corrected chi connectivity index (χ0v) is 12.0. The lowest BCUT2D eigenvalue weighted by molar-refractivity contribution is 0.555. The smallest absolute Gasteiger partial charge is 0.208 e. The molecule has 0 bridgehead atoms. The number of rotatable bonds is 4. The summed E-state index contributed by atoms with van der Waals surface area (Å²) in [5.74, 6) is 0. The molecule has 1 aromatic carbocycles. The van der Waals surface area contributed by atoms with E-state index in [0.717, 1.165) is 16.5 Å². The van der Waals surface area contributed by atoms with Crippen molar-refractivity contribution >= 4 is 26.0 Å². The number of sulfonamides is 1. The van der Waals surface area contributed by atoms with Gasteiger partial charge in [-0.15, -0.1) is 0 Å². The Morgan fingerprint density at radius 3 is 2.56 bits per heavy atom. The van der Waals surface area contributed by atoms with E-state index in [0.29, 0.717) is 4.90 Å². The highest BCUT2D eigenvalue weighted by atomic mass is 79.9. The average molecular weight is 306 g/mol. The largest absolute Gasteiger partial charge is 0.241 e. The lowest BCUT2D eigenvalue weighted by Crippen LogP contribution is -2.32. The summed E-state index contributed by atoms with van der Waals surface area (Å²) >= 11 is 3.31. The van der Waals surface area contributed by atoms with E-state index in [1.165, 1.54) is 0 Å². The Bertz CT molecular complexity index is 471. The quantitative estimate of drug-likeness (QED) is 0.930. The summed E-state index contributed by atoms with van der Waals surface area (Å²) in [6, 6.07) is 5.10. The monoisotopic (exact) mass is 305 g/mol. The maximum absolute atomic E-state index is 12.0. The van der Waals surface area contributed by atoms with Crippen molar-refractivity contribution in [3.8, 4) is 0 Å². The minimum absolute atomic E-state index is 0.0481. The number of nitrogens with one attached hydrogen (secondary N) is 1. The molecule has 90 valence electrons. The molecule has 1 atom stereocenters. The van der Waals surface area contributed by atoms with Crippen LogP contribution in [-0.4, -0.2) is 14.5 Å². The van der Waals surface area contributed by atoms with Gasteiger partial charge in [0.15, 0.2) is 0 Å². The number of benzene rings is 1. The van der Waals surface area contributed by atoms with Gasteiger partial charge in [0, 0.05) is 10.5 Å². The van der Waals surface area contributed by atoms with Crippen LogP contribution in [-0.2, 0) is 10.0 Å². The molecule has 0 amide bonds. The van der Waals surface area contributed by atoms with E-state index >= 15 is 0 Å². The number of aryl methyl sites for hydroxylation is 1. The standard InChI is InChI=1S/C11H16BrNO2S/c1-4-9(3)13-16(14,15)11-6-5-10(12)7-8(11)2/h5-7,9,13H,4H2,1-3H3/t9-/m0/s1. The van der Waals surface area contributed by atoms with Gasteiger partial charge >= 0.3 is 0 Å². The van der Waals surface area contributed by atoms with E-state index in [-0.39, 0.29) is 6.04 Å². The molecule has 1 rings (SSSR count). The Labute approximate surface area is 105 Å². The van der Waals surface area contributed by atoms with Crippen molar-refractivity contribution in [1.82, 2.24) is 4.72 Å². The van der Waals surface area contributed by atoms with Crippen LogP contribution < -0.4 is 4.72 Å². The summed E-state index contributed by atoms with van der Waals surface area (Å²) in [4.78, 5) is 0.344. The van der Waals surface area contributed by atoms with E-state index in [1.807, 2.05) is 13.8 Å². The second-order valence-electron chi connectivity index (χ2n) is 3.84. The predicted molar refractivity (Wildman–Crippen MR) is 69.0 cm³/mol. The molecule has 0 fully saturated rings. The van der Waals surface area contributed by atoms with Crippen LogP contribution in [0.4, 0.5) is 0 Å². The summed E-state index contributed by atoms with van der Waals surface area (Å²) < 4.78 is 27.5. The number of halogens is 1. The Morgan fingerprint density at radius 2 is 2.06 bits per heavy atom. The average Bonchev–Trinajstić information content (AvgIpc) is 2.16. The third kappa shape index (κ3) is 3.30. The zero-order chi connectivity index (χ0) is 12.3. The molecule has 0 aliphatic heterocycles. The molecule has 0 aliphatic carbocycles. The van der Waals surface area contributed by atoms with E-state index < -0.39 is 10.0 Å². The predicted octanol–water partition coefficient (Wildman–Crippen LogP) is 2.83. The Morgan fingerprint density at radius 1 is 1.44 bits per heavy atom. The molecule has 0 spiro atoms. The van der Waals surface area contributed by atoms with Gasteiger partial charge in [-0.1, -0.05) is 22.9 Å². The molecule has 0 saturated carbocycles. The van der Waals surface area contributed by atoms with E-state index in [1.54, 1.807) is 25.1 Å². The minimum atomic E-state index is -3.39. The molecule has 0 aromatic heterocycles. The van der Waals surface area contributed by atoms with Gasteiger partial charge in [-0.3, -0.25) is 0 Å². The number of hydrogen-bond acceptors (Lipinski definition) is 2. The van der Waals surface area contributed by atoms with Gasteiger partial charge in [0.05, 0.1) is 4.90 Å². The van der Waals surface area contributed by atoms with Crippen molar-refractivity contribution in [2.24, 2.45) is 0 Å². The van der Waals surface area contributed by atoms with E-state index in [9.17, 15) is 8.42 Å². The molecule has 0 unspecified atom stereocenters. The normalized spacial score (nSPS) is 13.8. The summed E-state index contributed by atoms with van der Waals surface area (Å²) in [5, 5.41) is 0. The third-order valence-corrected chi connectivity index (χ3v) is 4.64. The molecule has 0 saturated heterocycles. The highest BCUT2D eigenvalue weighted by Gasteiger charge is 2.18. The van der Waals surface area contributed by atoms with Crippen LogP contribution in [0.5, 0.6) is 0 Å². The van der Waals surface area contributed by atoms with Crippen molar-refractivity contribution < 1.29 is 8.42 Å². The summed E-state index contributed by atoms with van der Waals surface area (Å²) in [6.45, 7) is 5.59. The van der Waals surface area contributed by atoms with E-state index in [4.69, 9.17) is 0 Å². The van der Waals surface area contributed by atoms with E-state index in [2.05, 4.69) is 20.7 Å². The van der Waals surface area contributed by atoms with Crippen LogP contribution in [0, 0.1) is 6.92 Å². The second kappa shape index (κ2) is 5.29. The highest BCUT2D eigenvalue weighted by molar-refractivity contribution is 9.10. The Balaban J connectivity index is 3.08. The first-order chi connectivity index (χ1) is 7.36. The van der Waals surface area contributed by atoms with Crippen LogP contribution >= 0.6 is 15.9 Å². The van der Waals surface area contributed by atoms with Crippen LogP contribution in [0.25, 0.3) is 0 Å². The van der Waals surface area contributed by atoms with Crippen molar-refractivity contribution in [3.63, 3.8) is 0 Å². The fraction of sp³-hybridized carbons (Fsp3) is 0.455. The molecular weight excluding hydrogens is 290 g/mol. The maximum atomic E-state index is 12.0. The van der Waals surface area contributed by atoms with Gasteiger partial charge < -0.3 is 0 Å². The summed E-state index contributed by atoms with van der Waals surface area (Å²) in [5.41, 5.74) is 0.741. The van der Waals surface area contributed by atoms with Crippen molar-refractivity contribution in [3.05, 3.63) is 28.2 Å². The minimum Gasteiger partial charge on any atom is -0.208 e. The van der Waals surface area contributed by atoms with Gasteiger partial charge in [-0.05, 0) is 44.0 Å². The topological polar surface area (TPSA) is 46.2 Å². The fourth-order valence-electron chi connectivity index (χ4n) is 1.33. The molecule has 1 N–H and O–H groups in total. The van der Waals surface area contributed by atoms with Gasteiger partial charge in [0.2, 0.25) is 10.0 Å². The molecule has 1 aromatic rings. The fourth-order valence-corrected chi connectivity index (χ4v) is 3.35. The maximum Gasteiger partial charge on any atom is 0.241 e. The van der Waals surface area contributed by atoms with Crippen LogP contribution in [0.1, 0.15) is 25.8 Å². The SMILES string of the molecule is CC[C@H](C)NS(=O)(=O)c1ccc(Br)cc1C. The van der Waals surface area contributed by atoms with Gasteiger partial charge in [0.1, 0.15) is 0 Å². The first-order valence-electron chi connectivity index (χ1n) is 5.15. The van der Waals surface area contributed by atoms with Crippen LogP contribution in [0.15, 0.2) is 27.6 Å². The molecular formula is C11H16BrNO2S. The van der Waals surface area contributed by atoms with Gasteiger partial charge in [-0.2, -0.15) is 0 Å². The first kappa shape index (κ1) is 13.7. The number of hydrogen-bond donors (Lipinski definition) is 1. The second-order valence-corrected chi connectivity index (χ2v) is 6.44. The lowest BCUT2D eigenvalue weighted by atomic mass is 10.2. The molecule has 16 heavy (non-hydrogen) atoms. The summed E-state index contributed by atoms with van der Waals surface area (Å²) in [7, 11) is -3.39. The molecule has 0 heterocycles. The van der Waals surface area contributed by atoms with Crippen LogP contribution in [0.2, 0.25) is 0 Å². The molecule has 0 aliphatic rings. The lowest BCUT2D eigenvalue weighted by Gasteiger charge is -2.13. The summed E-state index contributed by atoms with van der Waals surface area (Å²) in [6.07, 6.45) is 0.773. The van der Waals surface area contributed by atoms with Crippen LogP contribution in [0.3, 0.4) is 0 Å².